The second kappa shape index (κ2) is 13.6. The molecule has 40 heavy (non-hydrogen) atoms. The first-order valence-electron chi connectivity index (χ1n) is 11.9. The molecule has 7 nitrogen and oxygen atoms in total. The van der Waals surface area contributed by atoms with Crippen molar-refractivity contribution in [1.29, 1.82) is 0 Å². The van der Waals surface area contributed by atoms with Crippen LogP contribution in [0.4, 0.5) is 32.0 Å². The Hall–Kier alpha value is -2.29. The summed E-state index contributed by atoms with van der Waals surface area (Å²) in [6, 6.07) is 8.14. The second-order valence-electron chi connectivity index (χ2n) is 9.23. The molecule has 2 aromatic rings. The summed E-state index contributed by atoms with van der Waals surface area (Å²) < 4.78 is 83.4. The summed E-state index contributed by atoms with van der Waals surface area (Å²) >= 11 is 0. The Labute approximate surface area is 238 Å². The lowest BCUT2D eigenvalue weighted by molar-refractivity contribution is -0.138. The van der Waals surface area contributed by atoms with Crippen LogP contribution in [0.25, 0.3) is 0 Å². The summed E-state index contributed by atoms with van der Waals surface area (Å²) in [5.41, 5.74) is -1.18. The highest BCUT2D eigenvalue weighted by Gasteiger charge is 2.47. The van der Waals surface area contributed by atoms with E-state index in [4.69, 9.17) is 4.74 Å². The summed E-state index contributed by atoms with van der Waals surface area (Å²) in [4.78, 5) is 16.2. The SMILES string of the molecule is Cl.Cl.O=C(NC[C@H]1O[C@@H](CO)[C@@H](O)[C@H]1N1CCN(c2cccc(C(F)(F)F)c2)CC1)c1ccc(C(F)(F)F)cc1. The molecule has 2 heterocycles. The van der Waals surface area contributed by atoms with Crippen molar-refractivity contribution in [2.45, 2.75) is 36.7 Å². The van der Waals surface area contributed by atoms with Crippen molar-refractivity contribution in [3.05, 3.63) is 65.2 Å². The Morgan fingerprint density at radius 3 is 2.05 bits per heavy atom. The third kappa shape index (κ3) is 7.71. The number of carbonyl (C=O) groups is 1. The lowest BCUT2D eigenvalue weighted by atomic mass is 10.0. The predicted octanol–water partition coefficient (Wildman–Crippen LogP) is 3.61. The number of nitrogens with one attached hydrogen (secondary N) is 1. The largest absolute Gasteiger partial charge is 0.416 e. The van der Waals surface area contributed by atoms with Gasteiger partial charge in [0.25, 0.3) is 5.91 Å². The van der Waals surface area contributed by atoms with E-state index in [1.807, 2.05) is 4.90 Å². The highest BCUT2D eigenvalue weighted by Crippen LogP contribution is 2.33. The molecule has 0 aromatic heterocycles. The Bertz CT molecular complexity index is 1110. The minimum Gasteiger partial charge on any atom is -0.394 e. The molecular formula is C25H29Cl2F6N3O4. The van der Waals surface area contributed by atoms with Gasteiger partial charge in [-0.25, -0.2) is 0 Å². The van der Waals surface area contributed by atoms with Gasteiger partial charge in [0, 0.05) is 44.0 Å². The van der Waals surface area contributed by atoms with Gasteiger partial charge in [0.1, 0.15) is 12.2 Å². The summed E-state index contributed by atoms with van der Waals surface area (Å²) in [5, 5.41) is 23.0. The molecule has 2 fully saturated rings. The van der Waals surface area contributed by atoms with Gasteiger partial charge >= 0.3 is 12.4 Å². The molecule has 15 heteroatoms. The Morgan fingerprint density at radius 2 is 1.50 bits per heavy atom. The number of amides is 1. The fourth-order valence-electron chi connectivity index (χ4n) is 4.86. The third-order valence-corrected chi connectivity index (χ3v) is 6.85. The fraction of sp³-hybridized carbons (Fsp3) is 0.480. The number of anilines is 1. The first-order valence-corrected chi connectivity index (χ1v) is 11.9. The highest BCUT2D eigenvalue weighted by molar-refractivity contribution is 5.94. The molecule has 3 N–H and O–H groups in total. The number of ether oxygens (including phenoxy) is 1. The number of alkyl halides is 6. The molecule has 2 aliphatic heterocycles. The van der Waals surface area contributed by atoms with Crippen LogP contribution < -0.4 is 10.2 Å². The number of aliphatic hydroxyl groups is 2. The maximum atomic E-state index is 13.1. The van der Waals surface area contributed by atoms with E-state index < -0.39 is 60.3 Å². The summed E-state index contributed by atoms with van der Waals surface area (Å²) in [6.07, 6.45) is -11.7. The zero-order valence-corrected chi connectivity index (χ0v) is 22.5. The Kier molecular flexibility index (Phi) is 11.5. The molecule has 224 valence electrons. The van der Waals surface area contributed by atoms with Crippen molar-refractivity contribution in [3.63, 3.8) is 0 Å². The standard InChI is InChI=1S/C25H27F6N3O4.2ClH/c26-24(27,28)16-6-4-15(5-7-16)23(37)32-13-19-21(22(36)20(14-35)38-19)34-10-8-33(9-11-34)18-3-1-2-17(12-18)25(29,30)31;;/h1-7,12,19-22,35-36H,8-11,13-14H2,(H,32,37);2*1H/t19-,20+,21+,22-;;/m1../s1. The number of halogens is 8. The van der Waals surface area contributed by atoms with Gasteiger partial charge in [0.05, 0.1) is 29.9 Å². The van der Waals surface area contributed by atoms with Crippen LogP contribution in [0, 0.1) is 0 Å². The molecule has 2 saturated heterocycles. The summed E-state index contributed by atoms with van der Waals surface area (Å²) in [7, 11) is 0. The molecule has 0 spiro atoms. The lowest BCUT2D eigenvalue weighted by Crippen LogP contribution is -2.57. The number of aliphatic hydroxyl groups excluding tert-OH is 2. The van der Waals surface area contributed by atoms with E-state index >= 15 is 0 Å². The average Bonchev–Trinajstić information content (AvgIpc) is 3.21. The molecule has 4 rings (SSSR count). The molecular weight excluding hydrogens is 591 g/mol. The van der Waals surface area contributed by atoms with Crippen LogP contribution in [0.2, 0.25) is 0 Å². The fourth-order valence-corrected chi connectivity index (χ4v) is 4.86. The topological polar surface area (TPSA) is 85.3 Å². The van der Waals surface area contributed by atoms with E-state index in [2.05, 4.69) is 5.32 Å². The van der Waals surface area contributed by atoms with Crippen LogP contribution in [-0.4, -0.2) is 84.7 Å². The first-order chi connectivity index (χ1) is 17.9. The van der Waals surface area contributed by atoms with Crippen LogP contribution >= 0.6 is 24.8 Å². The average molecular weight is 620 g/mol. The van der Waals surface area contributed by atoms with Crippen LogP contribution in [-0.2, 0) is 17.1 Å². The van der Waals surface area contributed by atoms with E-state index in [-0.39, 0.29) is 36.9 Å². The van der Waals surface area contributed by atoms with Crippen LogP contribution in [0.15, 0.2) is 48.5 Å². The van der Waals surface area contributed by atoms with Gasteiger partial charge in [-0.2, -0.15) is 26.3 Å². The van der Waals surface area contributed by atoms with Gasteiger partial charge in [-0.05, 0) is 42.5 Å². The zero-order chi connectivity index (χ0) is 27.7. The normalized spacial score (nSPS) is 23.8. The van der Waals surface area contributed by atoms with Gasteiger partial charge < -0.3 is 25.2 Å². The van der Waals surface area contributed by atoms with Crippen molar-refractivity contribution in [3.8, 4) is 0 Å². The van der Waals surface area contributed by atoms with Crippen LogP contribution in [0.1, 0.15) is 21.5 Å². The third-order valence-electron chi connectivity index (χ3n) is 6.85. The quantitative estimate of drug-likeness (QED) is 0.429. The summed E-state index contributed by atoms with van der Waals surface area (Å²) in [6.45, 7) is 0.959. The number of hydrogen-bond acceptors (Lipinski definition) is 6. The van der Waals surface area contributed by atoms with Gasteiger partial charge in [-0.15, -0.1) is 24.8 Å². The monoisotopic (exact) mass is 619 g/mol. The Morgan fingerprint density at radius 1 is 0.900 bits per heavy atom. The molecule has 0 radical (unpaired) electrons. The van der Waals surface area contributed by atoms with Gasteiger partial charge in [-0.3, -0.25) is 9.69 Å². The van der Waals surface area contributed by atoms with E-state index in [0.717, 1.165) is 36.4 Å². The molecule has 0 saturated carbocycles. The van der Waals surface area contributed by atoms with E-state index in [1.54, 1.807) is 11.0 Å². The number of rotatable bonds is 6. The number of nitrogens with zero attached hydrogens (tertiary/aromatic N) is 2. The maximum absolute atomic E-state index is 13.1. The number of hydrogen-bond donors (Lipinski definition) is 3. The number of carbonyl (C=O) groups excluding carboxylic acids is 1. The number of benzene rings is 2. The van der Waals surface area contributed by atoms with E-state index in [0.29, 0.717) is 31.9 Å². The first kappa shape index (κ1) is 33.9. The molecule has 0 aliphatic carbocycles. The second-order valence-corrected chi connectivity index (χ2v) is 9.23. The molecule has 4 atom stereocenters. The minimum absolute atomic E-state index is 0. The smallest absolute Gasteiger partial charge is 0.394 e. The highest BCUT2D eigenvalue weighted by atomic mass is 35.5. The lowest BCUT2D eigenvalue weighted by Gasteiger charge is -2.41. The van der Waals surface area contributed by atoms with Gasteiger partial charge in [0.15, 0.2) is 0 Å². The van der Waals surface area contributed by atoms with Crippen molar-refractivity contribution in [2.75, 3.05) is 44.2 Å². The molecule has 2 aliphatic rings. The van der Waals surface area contributed by atoms with Crippen LogP contribution in [0.5, 0.6) is 0 Å². The van der Waals surface area contributed by atoms with Crippen molar-refractivity contribution in [2.24, 2.45) is 0 Å². The number of piperazine rings is 1. The van der Waals surface area contributed by atoms with Crippen molar-refractivity contribution < 1.29 is 46.1 Å². The zero-order valence-electron chi connectivity index (χ0n) is 20.9. The van der Waals surface area contributed by atoms with Crippen molar-refractivity contribution in [1.82, 2.24) is 10.2 Å². The molecule has 0 unspecified atom stereocenters. The van der Waals surface area contributed by atoms with Crippen LogP contribution in [0.3, 0.4) is 0 Å². The van der Waals surface area contributed by atoms with E-state index in [1.165, 1.54) is 6.07 Å². The predicted molar refractivity (Wildman–Crippen MR) is 139 cm³/mol. The molecule has 0 bridgehead atoms. The molecule has 2 aromatic carbocycles. The van der Waals surface area contributed by atoms with Crippen molar-refractivity contribution >= 4 is 36.4 Å². The Balaban J connectivity index is 0.00000280. The van der Waals surface area contributed by atoms with Gasteiger partial charge in [-0.1, -0.05) is 6.07 Å². The van der Waals surface area contributed by atoms with Gasteiger partial charge in [0.2, 0.25) is 0 Å². The summed E-state index contributed by atoms with van der Waals surface area (Å²) in [5.74, 6) is -0.627. The minimum atomic E-state index is -4.53. The maximum Gasteiger partial charge on any atom is 0.416 e. The molecule has 1 amide bonds. The van der Waals surface area contributed by atoms with E-state index in [9.17, 15) is 41.4 Å².